The van der Waals surface area contributed by atoms with E-state index in [4.69, 9.17) is 0 Å². The van der Waals surface area contributed by atoms with Crippen LogP contribution in [0.5, 0.6) is 0 Å². The molecule has 1 aliphatic carbocycles. The van der Waals surface area contributed by atoms with E-state index in [9.17, 15) is 4.79 Å². The molecule has 1 aromatic rings. The zero-order valence-electron chi connectivity index (χ0n) is 12.0. The molecule has 0 aliphatic heterocycles. The predicted molar refractivity (Wildman–Crippen MR) is 77.2 cm³/mol. The second-order valence-electron chi connectivity index (χ2n) is 5.65. The first-order chi connectivity index (χ1) is 9.09. The summed E-state index contributed by atoms with van der Waals surface area (Å²) in [6, 6.07) is 1.84. The molecule has 4 heteroatoms. The van der Waals surface area contributed by atoms with Crippen molar-refractivity contribution in [3.8, 4) is 0 Å². The van der Waals surface area contributed by atoms with Crippen molar-refractivity contribution in [3.05, 3.63) is 24.0 Å². The number of nitrogens with one attached hydrogen (secondary N) is 2. The van der Waals surface area contributed by atoms with Gasteiger partial charge in [0, 0.05) is 25.5 Å². The zero-order chi connectivity index (χ0) is 13.9. The van der Waals surface area contributed by atoms with Gasteiger partial charge in [0.1, 0.15) is 0 Å². The van der Waals surface area contributed by atoms with E-state index in [1.54, 1.807) is 12.4 Å². The molecule has 1 fully saturated rings. The zero-order valence-corrected chi connectivity index (χ0v) is 12.0. The summed E-state index contributed by atoms with van der Waals surface area (Å²) >= 11 is 0. The lowest BCUT2D eigenvalue weighted by Gasteiger charge is -2.20. The van der Waals surface area contributed by atoms with Crippen molar-refractivity contribution >= 4 is 11.6 Å². The highest BCUT2D eigenvalue weighted by Crippen LogP contribution is 2.51. The average Bonchev–Trinajstić information content (AvgIpc) is 3.18. The summed E-state index contributed by atoms with van der Waals surface area (Å²) in [4.78, 5) is 16.3. The molecule has 4 nitrogen and oxygen atoms in total. The molecule has 2 rings (SSSR count). The summed E-state index contributed by atoms with van der Waals surface area (Å²) in [5.41, 5.74) is 1.81. The van der Waals surface area contributed by atoms with Crippen molar-refractivity contribution in [2.24, 2.45) is 11.3 Å². The fourth-order valence-corrected chi connectivity index (χ4v) is 2.39. The molecule has 0 bridgehead atoms. The summed E-state index contributed by atoms with van der Waals surface area (Å²) in [5.74, 6) is 0.589. The first kappa shape index (κ1) is 13.8. The second kappa shape index (κ2) is 5.59. The molecule has 0 spiro atoms. The van der Waals surface area contributed by atoms with Crippen LogP contribution >= 0.6 is 0 Å². The van der Waals surface area contributed by atoms with Gasteiger partial charge in [0.2, 0.25) is 0 Å². The minimum atomic E-state index is -0.0315. The standard InChI is InChI=1S/C15H23N3O/c1-4-17-13-5-8-16-9-12(13)14(19)18-10-15(6-7-15)11(2)3/h5,8-9,11H,4,6-7,10H2,1-3H3,(H,16,17)(H,18,19). The predicted octanol–water partition coefficient (Wildman–Crippen LogP) is 2.68. The number of carbonyl (C=O) groups excluding carboxylic acids is 1. The molecule has 0 unspecified atom stereocenters. The molecule has 0 aromatic carbocycles. The largest absolute Gasteiger partial charge is 0.385 e. The van der Waals surface area contributed by atoms with Gasteiger partial charge in [0.15, 0.2) is 0 Å². The fourth-order valence-electron chi connectivity index (χ4n) is 2.39. The van der Waals surface area contributed by atoms with Crippen LogP contribution < -0.4 is 10.6 Å². The third-order valence-electron chi connectivity index (χ3n) is 4.15. The van der Waals surface area contributed by atoms with Gasteiger partial charge in [-0.2, -0.15) is 0 Å². The van der Waals surface area contributed by atoms with Crippen molar-refractivity contribution < 1.29 is 4.79 Å². The highest BCUT2D eigenvalue weighted by Gasteiger charge is 2.45. The van der Waals surface area contributed by atoms with Crippen LogP contribution in [0.1, 0.15) is 44.0 Å². The molecule has 0 saturated heterocycles. The molecule has 104 valence electrons. The number of amides is 1. The quantitative estimate of drug-likeness (QED) is 0.827. The fraction of sp³-hybridized carbons (Fsp3) is 0.600. The first-order valence-electron chi connectivity index (χ1n) is 7.05. The highest BCUT2D eigenvalue weighted by atomic mass is 16.1. The molecular formula is C15H23N3O. The van der Waals surface area contributed by atoms with Crippen LogP contribution in [0.2, 0.25) is 0 Å². The number of nitrogens with zero attached hydrogens (tertiary/aromatic N) is 1. The summed E-state index contributed by atoms with van der Waals surface area (Å²) in [6.07, 6.45) is 5.77. The molecule has 1 aromatic heterocycles. The van der Waals surface area contributed by atoms with Crippen molar-refractivity contribution in [2.75, 3.05) is 18.4 Å². The van der Waals surface area contributed by atoms with E-state index in [1.807, 2.05) is 13.0 Å². The molecule has 2 N–H and O–H groups in total. The number of carbonyl (C=O) groups is 1. The van der Waals surface area contributed by atoms with Crippen LogP contribution in [-0.4, -0.2) is 24.0 Å². The summed E-state index contributed by atoms with van der Waals surface area (Å²) in [7, 11) is 0. The Kier molecular flexibility index (Phi) is 4.08. The Morgan fingerprint density at radius 2 is 2.21 bits per heavy atom. The summed E-state index contributed by atoms with van der Waals surface area (Å²) in [6.45, 7) is 8.03. The summed E-state index contributed by atoms with van der Waals surface area (Å²) in [5, 5.41) is 6.25. The third-order valence-corrected chi connectivity index (χ3v) is 4.15. The van der Waals surface area contributed by atoms with Crippen LogP contribution in [0.25, 0.3) is 0 Å². The molecule has 1 aliphatic rings. The average molecular weight is 261 g/mol. The normalized spacial score (nSPS) is 16.2. The topological polar surface area (TPSA) is 54.0 Å². The molecule has 0 atom stereocenters. The van der Waals surface area contributed by atoms with Gasteiger partial charge < -0.3 is 10.6 Å². The number of anilines is 1. The lowest BCUT2D eigenvalue weighted by molar-refractivity contribution is 0.0940. The summed E-state index contributed by atoms with van der Waals surface area (Å²) < 4.78 is 0. The van der Waals surface area contributed by atoms with E-state index in [0.29, 0.717) is 16.9 Å². The Hall–Kier alpha value is -1.58. The Morgan fingerprint density at radius 1 is 1.47 bits per heavy atom. The van der Waals surface area contributed by atoms with E-state index >= 15 is 0 Å². The number of hydrogen-bond donors (Lipinski definition) is 2. The Labute approximate surface area is 115 Å². The Bertz CT molecular complexity index is 452. The lowest BCUT2D eigenvalue weighted by atomic mass is 9.92. The second-order valence-corrected chi connectivity index (χ2v) is 5.65. The SMILES string of the molecule is CCNc1ccncc1C(=O)NCC1(C(C)C)CC1. The van der Waals surface area contributed by atoms with Gasteiger partial charge in [-0.25, -0.2) is 0 Å². The van der Waals surface area contributed by atoms with E-state index in [-0.39, 0.29) is 5.91 Å². The van der Waals surface area contributed by atoms with Crippen LogP contribution in [0.15, 0.2) is 18.5 Å². The first-order valence-corrected chi connectivity index (χ1v) is 7.05. The highest BCUT2D eigenvalue weighted by molar-refractivity contribution is 5.99. The number of rotatable bonds is 6. The molecule has 0 radical (unpaired) electrons. The monoisotopic (exact) mass is 261 g/mol. The van der Waals surface area contributed by atoms with Crippen LogP contribution in [0.4, 0.5) is 5.69 Å². The van der Waals surface area contributed by atoms with E-state index in [0.717, 1.165) is 18.8 Å². The number of hydrogen-bond acceptors (Lipinski definition) is 3. The minimum Gasteiger partial charge on any atom is -0.385 e. The van der Waals surface area contributed by atoms with Gasteiger partial charge in [-0.1, -0.05) is 13.8 Å². The maximum atomic E-state index is 12.2. The molecule has 1 heterocycles. The van der Waals surface area contributed by atoms with E-state index in [1.165, 1.54) is 12.8 Å². The van der Waals surface area contributed by atoms with E-state index in [2.05, 4.69) is 29.5 Å². The maximum absolute atomic E-state index is 12.2. The van der Waals surface area contributed by atoms with Crippen molar-refractivity contribution in [3.63, 3.8) is 0 Å². The number of aromatic nitrogens is 1. The minimum absolute atomic E-state index is 0.0315. The molecular weight excluding hydrogens is 238 g/mol. The van der Waals surface area contributed by atoms with Gasteiger partial charge in [0.25, 0.3) is 5.91 Å². The maximum Gasteiger partial charge on any atom is 0.254 e. The van der Waals surface area contributed by atoms with Crippen molar-refractivity contribution in [1.82, 2.24) is 10.3 Å². The molecule has 19 heavy (non-hydrogen) atoms. The van der Waals surface area contributed by atoms with Crippen LogP contribution in [-0.2, 0) is 0 Å². The van der Waals surface area contributed by atoms with Gasteiger partial charge in [-0.15, -0.1) is 0 Å². The van der Waals surface area contributed by atoms with Gasteiger partial charge in [0.05, 0.1) is 11.3 Å². The van der Waals surface area contributed by atoms with Gasteiger partial charge in [-0.05, 0) is 37.2 Å². The number of pyridine rings is 1. The van der Waals surface area contributed by atoms with Gasteiger partial charge >= 0.3 is 0 Å². The van der Waals surface area contributed by atoms with Crippen molar-refractivity contribution in [2.45, 2.75) is 33.6 Å². The van der Waals surface area contributed by atoms with Gasteiger partial charge in [-0.3, -0.25) is 9.78 Å². The molecule has 1 saturated carbocycles. The Morgan fingerprint density at radius 3 is 2.79 bits per heavy atom. The third kappa shape index (κ3) is 3.06. The van der Waals surface area contributed by atoms with Crippen LogP contribution in [0, 0.1) is 11.3 Å². The lowest BCUT2D eigenvalue weighted by Crippen LogP contribution is -2.33. The van der Waals surface area contributed by atoms with E-state index < -0.39 is 0 Å². The molecule has 1 amide bonds. The van der Waals surface area contributed by atoms with Crippen molar-refractivity contribution in [1.29, 1.82) is 0 Å². The van der Waals surface area contributed by atoms with Crippen LogP contribution in [0.3, 0.4) is 0 Å². The smallest absolute Gasteiger partial charge is 0.254 e. The Balaban J connectivity index is 2.00.